The highest BCUT2D eigenvalue weighted by Gasteiger charge is 2.43. The zero-order chi connectivity index (χ0) is 16.2. The van der Waals surface area contributed by atoms with Gasteiger partial charge in [0.05, 0.1) is 5.41 Å². The zero-order valence-corrected chi connectivity index (χ0v) is 12.5. The molecule has 2 heterocycles. The first-order valence-corrected chi connectivity index (χ1v) is 7.19. The van der Waals surface area contributed by atoms with Crippen molar-refractivity contribution in [3.63, 3.8) is 0 Å². The van der Waals surface area contributed by atoms with Gasteiger partial charge >= 0.3 is 5.97 Å². The van der Waals surface area contributed by atoms with E-state index in [9.17, 15) is 19.5 Å². The summed E-state index contributed by atoms with van der Waals surface area (Å²) in [5.41, 5.74) is -1.43. The van der Waals surface area contributed by atoms with E-state index in [2.05, 4.69) is 4.98 Å². The number of pyridine rings is 1. The van der Waals surface area contributed by atoms with E-state index < -0.39 is 22.9 Å². The Morgan fingerprint density at radius 3 is 2.91 bits per heavy atom. The lowest BCUT2D eigenvalue weighted by atomic mass is 9.77. The smallest absolute Gasteiger partial charge is 0.311 e. The Hall–Kier alpha value is -2.15. The number of carbonyl (C=O) groups is 2. The molecule has 1 aliphatic rings. The average molecular weight is 308 g/mol. The van der Waals surface area contributed by atoms with Crippen molar-refractivity contribution in [3.8, 4) is 0 Å². The predicted octanol–water partition coefficient (Wildman–Crippen LogP) is 0.718. The number of aliphatic carboxylic acids is 1. The Bertz CT molecular complexity index is 612. The number of aromatic nitrogens is 1. The molecule has 1 aromatic heterocycles. The lowest BCUT2D eigenvalue weighted by molar-refractivity contribution is -0.153. The third-order valence-electron chi connectivity index (χ3n) is 4.15. The van der Waals surface area contributed by atoms with Crippen LogP contribution >= 0.6 is 0 Å². The van der Waals surface area contributed by atoms with Crippen LogP contribution in [0.25, 0.3) is 0 Å². The zero-order valence-electron chi connectivity index (χ0n) is 12.5. The third kappa shape index (κ3) is 3.19. The third-order valence-corrected chi connectivity index (χ3v) is 4.15. The Balaban J connectivity index is 2.22. The summed E-state index contributed by atoms with van der Waals surface area (Å²) in [6, 6.07) is 3.03. The fourth-order valence-corrected chi connectivity index (χ4v) is 2.85. The molecule has 120 valence electrons. The standard InChI is InChI=1S/C15H20N2O5/c1-22-9-6-15(14(20)21)5-3-8-17(10-15)13(19)11-4-2-7-16-12(11)18/h2,4,7H,3,5-6,8-10H2,1H3,(H,16,18)(H,20,21)/t15-/m0/s1. The number of ether oxygens (including phenoxy) is 1. The van der Waals surface area contributed by atoms with Crippen LogP contribution in [0.2, 0.25) is 0 Å². The molecule has 1 atom stereocenters. The molecule has 2 N–H and O–H groups in total. The summed E-state index contributed by atoms with van der Waals surface area (Å²) in [6.07, 6.45) is 2.89. The van der Waals surface area contributed by atoms with Crippen molar-refractivity contribution in [2.75, 3.05) is 26.8 Å². The van der Waals surface area contributed by atoms with Gasteiger partial charge < -0.3 is 19.7 Å². The topological polar surface area (TPSA) is 99.7 Å². The summed E-state index contributed by atoms with van der Waals surface area (Å²) in [6.45, 7) is 0.869. The van der Waals surface area contributed by atoms with Gasteiger partial charge in [-0.1, -0.05) is 0 Å². The number of carbonyl (C=O) groups excluding carboxylic acids is 1. The number of hydrogen-bond donors (Lipinski definition) is 2. The second kappa shape index (κ2) is 6.74. The van der Waals surface area contributed by atoms with Gasteiger partial charge in [-0.05, 0) is 31.4 Å². The molecule has 7 nitrogen and oxygen atoms in total. The van der Waals surface area contributed by atoms with Crippen LogP contribution in [-0.4, -0.2) is 53.7 Å². The average Bonchev–Trinajstić information content (AvgIpc) is 2.53. The van der Waals surface area contributed by atoms with Crippen LogP contribution in [0.3, 0.4) is 0 Å². The van der Waals surface area contributed by atoms with E-state index in [4.69, 9.17) is 4.74 Å². The van der Waals surface area contributed by atoms with Crippen LogP contribution in [0.5, 0.6) is 0 Å². The van der Waals surface area contributed by atoms with Crippen LogP contribution in [-0.2, 0) is 9.53 Å². The van der Waals surface area contributed by atoms with E-state index in [0.717, 1.165) is 0 Å². The molecule has 7 heteroatoms. The number of likely N-dealkylation sites (tertiary alicyclic amines) is 1. The molecule has 0 spiro atoms. The summed E-state index contributed by atoms with van der Waals surface area (Å²) in [4.78, 5) is 39.8. The largest absolute Gasteiger partial charge is 0.481 e. The maximum atomic E-state index is 12.5. The van der Waals surface area contributed by atoms with Crippen LogP contribution < -0.4 is 5.56 Å². The van der Waals surface area contributed by atoms with Crippen molar-refractivity contribution in [1.29, 1.82) is 0 Å². The van der Waals surface area contributed by atoms with Crippen molar-refractivity contribution in [3.05, 3.63) is 34.2 Å². The Labute approximate surface area is 127 Å². The number of methoxy groups -OCH3 is 1. The van der Waals surface area contributed by atoms with Crippen molar-refractivity contribution >= 4 is 11.9 Å². The molecule has 22 heavy (non-hydrogen) atoms. The summed E-state index contributed by atoms with van der Waals surface area (Å²) >= 11 is 0. The number of carboxylic acid groups (broad SMARTS) is 1. The van der Waals surface area contributed by atoms with E-state index in [1.807, 2.05) is 0 Å². The molecule has 0 aliphatic carbocycles. The predicted molar refractivity (Wildman–Crippen MR) is 78.8 cm³/mol. The van der Waals surface area contributed by atoms with Crippen molar-refractivity contribution in [2.24, 2.45) is 5.41 Å². The molecule has 1 amide bonds. The van der Waals surface area contributed by atoms with Gasteiger partial charge in [0, 0.05) is 33.0 Å². The Morgan fingerprint density at radius 2 is 2.27 bits per heavy atom. The first-order valence-electron chi connectivity index (χ1n) is 7.19. The van der Waals surface area contributed by atoms with Crippen LogP contribution in [0.15, 0.2) is 23.1 Å². The van der Waals surface area contributed by atoms with Crippen molar-refractivity contribution < 1.29 is 19.4 Å². The van der Waals surface area contributed by atoms with Gasteiger partial charge in [-0.3, -0.25) is 14.4 Å². The van der Waals surface area contributed by atoms with E-state index >= 15 is 0 Å². The maximum absolute atomic E-state index is 12.5. The molecule has 1 saturated heterocycles. The Kier molecular flexibility index (Phi) is 4.97. The number of nitrogens with one attached hydrogen (secondary N) is 1. The van der Waals surface area contributed by atoms with Crippen LogP contribution in [0.1, 0.15) is 29.6 Å². The van der Waals surface area contributed by atoms with Gasteiger partial charge in [0.25, 0.3) is 11.5 Å². The molecule has 0 unspecified atom stereocenters. The molecule has 0 bridgehead atoms. The number of carboxylic acids is 1. The van der Waals surface area contributed by atoms with Crippen LogP contribution in [0, 0.1) is 5.41 Å². The minimum Gasteiger partial charge on any atom is -0.481 e. The van der Waals surface area contributed by atoms with Gasteiger partial charge in [-0.25, -0.2) is 0 Å². The number of H-pyrrole nitrogens is 1. The fraction of sp³-hybridized carbons (Fsp3) is 0.533. The van der Waals surface area contributed by atoms with Gasteiger partial charge in [-0.15, -0.1) is 0 Å². The lowest BCUT2D eigenvalue weighted by Gasteiger charge is -2.39. The molecular formula is C15H20N2O5. The highest BCUT2D eigenvalue weighted by Crippen LogP contribution is 2.34. The van der Waals surface area contributed by atoms with E-state index in [1.165, 1.54) is 24.3 Å². The monoisotopic (exact) mass is 308 g/mol. The second-order valence-corrected chi connectivity index (χ2v) is 5.57. The minimum absolute atomic E-state index is 0.0374. The van der Waals surface area contributed by atoms with Crippen molar-refractivity contribution in [2.45, 2.75) is 19.3 Å². The fourth-order valence-electron chi connectivity index (χ4n) is 2.85. The molecule has 2 rings (SSSR count). The molecule has 1 aromatic rings. The first kappa shape index (κ1) is 16.2. The normalized spacial score (nSPS) is 21.6. The lowest BCUT2D eigenvalue weighted by Crippen LogP contribution is -2.51. The number of rotatable bonds is 5. The van der Waals surface area contributed by atoms with E-state index in [0.29, 0.717) is 32.4 Å². The van der Waals surface area contributed by atoms with Crippen molar-refractivity contribution in [1.82, 2.24) is 9.88 Å². The van der Waals surface area contributed by atoms with E-state index in [1.54, 1.807) is 6.07 Å². The summed E-state index contributed by atoms with van der Waals surface area (Å²) < 4.78 is 5.00. The molecule has 0 saturated carbocycles. The number of hydrogen-bond acceptors (Lipinski definition) is 4. The SMILES string of the molecule is COCC[C@@]1(C(=O)O)CCCN(C(=O)c2ccc[nH]c2=O)C1. The highest BCUT2D eigenvalue weighted by molar-refractivity contribution is 5.94. The summed E-state index contributed by atoms with van der Waals surface area (Å²) in [7, 11) is 1.52. The van der Waals surface area contributed by atoms with Gasteiger partial charge in [0.15, 0.2) is 0 Å². The summed E-state index contributed by atoms with van der Waals surface area (Å²) in [5, 5.41) is 9.58. The second-order valence-electron chi connectivity index (χ2n) is 5.57. The van der Waals surface area contributed by atoms with Gasteiger partial charge in [-0.2, -0.15) is 0 Å². The number of nitrogens with zero attached hydrogens (tertiary/aromatic N) is 1. The van der Waals surface area contributed by atoms with E-state index in [-0.39, 0.29) is 12.1 Å². The highest BCUT2D eigenvalue weighted by atomic mass is 16.5. The molecule has 1 aliphatic heterocycles. The number of aromatic amines is 1. The molecule has 0 radical (unpaired) electrons. The van der Waals surface area contributed by atoms with Gasteiger partial charge in [0.1, 0.15) is 5.56 Å². The van der Waals surface area contributed by atoms with Gasteiger partial charge in [0.2, 0.25) is 0 Å². The first-order chi connectivity index (χ1) is 10.5. The molecule has 0 aromatic carbocycles. The Morgan fingerprint density at radius 1 is 1.50 bits per heavy atom. The molecular weight excluding hydrogens is 288 g/mol. The quantitative estimate of drug-likeness (QED) is 0.835. The molecule has 1 fully saturated rings. The maximum Gasteiger partial charge on any atom is 0.311 e. The summed E-state index contributed by atoms with van der Waals surface area (Å²) in [5.74, 6) is -1.35. The van der Waals surface area contributed by atoms with Crippen LogP contribution in [0.4, 0.5) is 0 Å². The number of piperidine rings is 1. The minimum atomic E-state index is -1.01. The number of amides is 1.